The lowest BCUT2D eigenvalue weighted by Crippen LogP contribution is -2.38. The summed E-state index contributed by atoms with van der Waals surface area (Å²) in [6.45, 7) is 4.44. The molecule has 1 aromatic carbocycles. The van der Waals surface area contributed by atoms with Crippen LogP contribution in [0.25, 0.3) is 0 Å². The summed E-state index contributed by atoms with van der Waals surface area (Å²) >= 11 is 0. The molecular weight excluding hydrogens is 190 g/mol. The lowest BCUT2D eigenvalue weighted by Gasteiger charge is -2.26. The predicted octanol–water partition coefficient (Wildman–Crippen LogP) is 1.82. The van der Waals surface area contributed by atoms with Gasteiger partial charge in [-0.1, -0.05) is 17.7 Å². The van der Waals surface area contributed by atoms with Crippen LogP contribution in [0.3, 0.4) is 0 Å². The third kappa shape index (κ3) is 2.70. The van der Waals surface area contributed by atoms with Crippen LogP contribution < -0.4 is 10.5 Å². The zero-order chi connectivity index (χ0) is 11.5. The van der Waals surface area contributed by atoms with Gasteiger partial charge in [0, 0.05) is 12.7 Å². The first kappa shape index (κ1) is 12.0. The van der Waals surface area contributed by atoms with Crippen molar-refractivity contribution < 1.29 is 9.47 Å². The van der Waals surface area contributed by atoms with Crippen molar-refractivity contribution in [3.63, 3.8) is 0 Å². The minimum absolute atomic E-state index is 0.465. The minimum atomic E-state index is -0.522. The highest BCUT2D eigenvalue weighted by atomic mass is 16.5. The Morgan fingerprint density at radius 1 is 1.33 bits per heavy atom. The van der Waals surface area contributed by atoms with E-state index in [4.69, 9.17) is 15.2 Å². The lowest BCUT2D eigenvalue weighted by molar-refractivity contribution is 0.139. The molecule has 0 heterocycles. The molecule has 0 saturated heterocycles. The smallest absolute Gasteiger partial charge is 0.124 e. The van der Waals surface area contributed by atoms with E-state index in [1.165, 1.54) is 5.56 Å². The van der Waals surface area contributed by atoms with Crippen molar-refractivity contribution in [2.75, 3.05) is 20.8 Å². The van der Waals surface area contributed by atoms with Crippen molar-refractivity contribution in [2.45, 2.75) is 19.4 Å². The highest BCUT2D eigenvalue weighted by molar-refractivity contribution is 5.41. The molecule has 0 amide bonds. The largest absolute Gasteiger partial charge is 0.496 e. The Morgan fingerprint density at radius 2 is 2.00 bits per heavy atom. The molecular formula is C12H19NO2. The van der Waals surface area contributed by atoms with Gasteiger partial charge in [0.1, 0.15) is 5.75 Å². The van der Waals surface area contributed by atoms with E-state index < -0.39 is 5.54 Å². The van der Waals surface area contributed by atoms with E-state index in [0.29, 0.717) is 6.61 Å². The quantitative estimate of drug-likeness (QED) is 0.822. The predicted molar refractivity (Wildman–Crippen MR) is 61.1 cm³/mol. The van der Waals surface area contributed by atoms with Crippen LogP contribution in [0.5, 0.6) is 5.75 Å². The first-order chi connectivity index (χ1) is 7.01. The maximum absolute atomic E-state index is 6.19. The van der Waals surface area contributed by atoms with Crippen molar-refractivity contribution >= 4 is 0 Å². The summed E-state index contributed by atoms with van der Waals surface area (Å²) in [5.41, 5.74) is 7.81. The van der Waals surface area contributed by atoms with Crippen molar-refractivity contribution in [1.29, 1.82) is 0 Å². The molecule has 1 unspecified atom stereocenters. The number of hydrogen-bond acceptors (Lipinski definition) is 3. The van der Waals surface area contributed by atoms with Gasteiger partial charge in [-0.25, -0.2) is 0 Å². The number of rotatable bonds is 4. The van der Waals surface area contributed by atoms with E-state index >= 15 is 0 Å². The summed E-state index contributed by atoms with van der Waals surface area (Å²) in [6.07, 6.45) is 0. The first-order valence-corrected chi connectivity index (χ1v) is 4.94. The average Bonchev–Trinajstić information content (AvgIpc) is 2.17. The second-order valence-corrected chi connectivity index (χ2v) is 4.05. The SMILES string of the molecule is COCC(C)(N)c1cc(C)ccc1OC. The van der Waals surface area contributed by atoms with Crippen molar-refractivity contribution in [2.24, 2.45) is 5.73 Å². The molecule has 3 nitrogen and oxygen atoms in total. The van der Waals surface area contributed by atoms with Crippen LogP contribution in [0, 0.1) is 6.92 Å². The summed E-state index contributed by atoms with van der Waals surface area (Å²) in [7, 11) is 3.30. The Hall–Kier alpha value is -1.06. The van der Waals surface area contributed by atoms with E-state index in [-0.39, 0.29) is 0 Å². The first-order valence-electron chi connectivity index (χ1n) is 4.94. The molecule has 0 aliphatic rings. The molecule has 0 radical (unpaired) electrons. The number of benzene rings is 1. The Balaban J connectivity index is 3.15. The van der Waals surface area contributed by atoms with E-state index in [9.17, 15) is 0 Å². The van der Waals surface area contributed by atoms with Gasteiger partial charge < -0.3 is 15.2 Å². The Kier molecular flexibility index (Phi) is 3.72. The standard InChI is InChI=1S/C12H19NO2/c1-9-5-6-11(15-4)10(7-9)12(2,13)8-14-3/h5-7H,8,13H2,1-4H3. The fraction of sp³-hybridized carbons (Fsp3) is 0.500. The molecule has 0 aliphatic carbocycles. The monoisotopic (exact) mass is 209 g/mol. The number of methoxy groups -OCH3 is 2. The van der Waals surface area contributed by atoms with Crippen LogP contribution in [0.1, 0.15) is 18.1 Å². The summed E-state index contributed by atoms with van der Waals surface area (Å²) in [5.74, 6) is 0.808. The molecule has 0 aliphatic heterocycles. The van der Waals surface area contributed by atoms with Crippen LogP contribution in [0.4, 0.5) is 0 Å². The van der Waals surface area contributed by atoms with E-state index in [2.05, 4.69) is 0 Å². The maximum Gasteiger partial charge on any atom is 0.124 e. The molecule has 1 rings (SSSR count). The number of ether oxygens (including phenoxy) is 2. The lowest BCUT2D eigenvalue weighted by atomic mass is 9.92. The van der Waals surface area contributed by atoms with E-state index in [1.54, 1.807) is 14.2 Å². The molecule has 1 atom stereocenters. The Bertz CT molecular complexity index is 334. The van der Waals surface area contributed by atoms with Gasteiger partial charge in [-0.2, -0.15) is 0 Å². The molecule has 2 N–H and O–H groups in total. The topological polar surface area (TPSA) is 44.5 Å². The molecule has 0 saturated carbocycles. The van der Waals surface area contributed by atoms with Gasteiger partial charge in [0.25, 0.3) is 0 Å². The number of nitrogens with two attached hydrogens (primary N) is 1. The third-order valence-corrected chi connectivity index (χ3v) is 2.41. The Morgan fingerprint density at radius 3 is 2.53 bits per heavy atom. The third-order valence-electron chi connectivity index (χ3n) is 2.41. The zero-order valence-electron chi connectivity index (χ0n) is 9.83. The van der Waals surface area contributed by atoms with Gasteiger partial charge >= 0.3 is 0 Å². The number of aryl methyl sites for hydroxylation is 1. The molecule has 0 bridgehead atoms. The highest BCUT2D eigenvalue weighted by Crippen LogP contribution is 2.29. The van der Waals surface area contributed by atoms with Crippen LogP contribution in [0.2, 0.25) is 0 Å². The fourth-order valence-electron chi connectivity index (χ4n) is 1.65. The summed E-state index contributed by atoms with van der Waals surface area (Å²) in [4.78, 5) is 0. The molecule has 1 aromatic rings. The normalized spacial score (nSPS) is 14.7. The maximum atomic E-state index is 6.19. The van der Waals surface area contributed by atoms with Crippen LogP contribution in [-0.4, -0.2) is 20.8 Å². The molecule has 0 spiro atoms. The van der Waals surface area contributed by atoms with Gasteiger partial charge in [0.15, 0.2) is 0 Å². The van der Waals surface area contributed by atoms with Crippen LogP contribution >= 0.6 is 0 Å². The fourth-order valence-corrected chi connectivity index (χ4v) is 1.65. The number of hydrogen-bond donors (Lipinski definition) is 1. The van der Waals surface area contributed by atoms with E-state index in [0.717, 1.165) is 11.3 Å². The average molecular weight is 209 g/mol. The zero-order valence-corrected chi connectivity index (χ0v) is 9.83. The second kappa shape index (κ2) is 4.64. The molecule has 0 fully saturated rings. The van der Waals surface area contributed by atoms with Gasteiger partial charge in [0.05, 0.1) is 19.3 Å². The molecule has 3 heteroatoms. The summed E-state index contributed by atoms with van der Waals surface area (Å²) in [6, 6.07) is 5.98. The van der Waals surface area contributed by atoms with Crippen molar-refractivity contribution in [3.8, 4) is 5.75 Å². The highest BCUT2D eigenvalue weighted by Gasteiger charge is 2.24. The summed E-state index contributed by atoms with van der Waals surface area (Å²) < 4.78 is 10.4. The molecule has 15 heavy (non-hydrogen) atoms. The van der Waals surface area contributed by atoms with Crippen molar-refractivity contribution in [1.82, 2.24) is 0 Å². The Labute approximate surface area is 91.2 Å². The van der Waals surface area contributed by atoms with Gasteiger partial charge in [0.2, 0.25) is 0 Å². The van der Waals surface area contributed by atoms with Crippen molar-refractivity contribution in [3.05, 3.63) is 29.3 Å². The van der Waals surface area contributed by atoms with Crippen LogP contribution in [-0.2, 0) is 10.3 Å². The van der Waals surface area contributed by atoms with E-state index in [1.807, 2.05) is 32.0 Å². The van der Waals surface area contributed by atoms with Gasteiger partial charge in [-0.05, 0) is 19.9 Å². The molecule has 84 valence electrons. The molecule has 0 aromatic heterocycles. The van der Waals surface area contributed by atoms with Gasteiger partial charge in [-0.15, -0.1) is 0 Å². The minimum Gasteiger partial charge on any atom is -0.496 e. The summed E-state index contributed by atoms with van der Waals surface area (Å²) in [5, 5.41) is 0. The van der Waals surface area contributed by atoms with Gasteiger partial charge in [-0.3, -0.25) is 0 Å². The van der Waals surface area contributed by atoms with Crippen LogP contribution in [0.15, 0.2) is 18.2 Å². The second-order valence-electron chi connectivity index (χ2n) is 4.05.